The van der Waals surface area contributed by atoms with Crippen LogP contribution in [0.15, 0.2) is 42.5 Å². The Morgan fingerprint density at radius 2 is 1.68 bits per heavy atom. The summed E-state index contributed by atoms with van der Waals surface area (Å²) >= 11 is 0. The van der Waals surface area contributed by atoms with Crippen LogP contribution in [0.25, 0.3) is 0 Å². The van der Waals surface area contributed by atoms with Crippen molar-refractivity contribution in [3.8, 4) is 17.2 Å². The molecule has 0 radical (unpaired) electrons. The Labute approximate surface area is 148 Å². The molecule has 0 saturated heterocycles. The fraction of sp³-hybridized carbons (Fsp3) is 0.350. The molecule has 0 aliphatic heterocycles. The summed E-state index contributed by atoms with van der Waals surface area (Å²) in [5, 5.41) is 2.85. The Kier molecular flexibility index (Phi) is 7.14. The molecule has 0 spiro atoms. The predicted molar refractivity (Wildman–Crippen MR) is 99.0 cm³/mol. The second-order valence-electron chi connectivity index (χ2n) is 5.60. The minimum Gasteiger partial charge on any atom is -0.494 e. The predicted octanol–water partition coefficient (Wildman–Crippen LogP) is 4.53. The summed E-state index contributed by atoms with van der Waals surface area (Å²) in [5.41, 5.74) is 1.21. The standard InChI is InChI=1S/C20H25NO4/c1-4-5-6-13-25-17-10-7-15(8-11-17)20(22)21-16-9-12-18(23-2)19(14-16)24-3/h7-12,14H,4-6,13H2,1-3H3,(H,21,22). The molecular weight excluding hydrogens is 318 g/mol. The number of methoxy groups -OCH3 is 2. The van der Waals surface area contributed by atoms with Crippen LogP contribution >= 0.6 is 0 Å². The number of anilines is 1. The SMILES string of the molecule is CCCCCOc1ccc(C(=O)Nc2ccc(OC)c(OC)c2)cc1. The lowest BCUT2D eigenvalue weighted by Gasteiger charge is -2.11. The van der Waals surface area contributed by atoms with Gasteiger partial charge in [-0.2, -0.15) is 0 Å². The minimum atomic E-state index is -0.190. The van der Waals surface area contributed by atoms with Gasteiger partial charge in [0.05, 0.1) is 20.8 Å². The molecule has 2 aromatic rings. The minimum absolute atomic E-state index is 0.190. The second-order valence-corrected chi connectivity index (χ2v) is 5.60. The van der Waals surface area contributed by atoms with E-state index in [0.29, 0.717) is 29.4 Å². The molecule has 0 saturated carbocycles. The molecule has 0 unspecified atom stereocenters. The van der Waals surface area contributed by atoms with Crippen molar-refractivity contribution in [1.29, 1.82) is 0 Å². The van der Waals surface area contributed by atoms with Crippen LogP contribution in [0.2, 0.25) is 0 Å². The fourth-order valence-corrected chi connectivity index (χ4v) is 2.36. The number of hydrogen-bond acceptors (Lipinski definition) is 4. The van der Waals surface area contributed by atoms with Gasteiger partial charge >= 0.3 is 0 Å². The highest BCUT2D eigenvalue weighted by molar-refractivity contribution is 6.04. The number of carbonyl (C=O) groups is 1. The molecule has 0 heterocycles. The molecule has 1 amide bonds. The van der Waals surface area contributed by atoms with Gasteiger partial charge in [-0.25, -0.2) is 0 Å². The molecule has 0 aliphatic rings. The molecule has 0 aliphatic carbocycles. The van der Waals surface area contributed by atoms with Crippen molar-refractivity contribution < 1.29 is 19.0 Å². The number of rotatable bonds is 9. The van der Waals surface area contributed by atoms with E-state index in [4.69, 9.17) is 14.2 Å². The molecule has 2 rings (SSSR count). The molecule has 0 bridgehead atoms. The van der Waals surface area contributed by atoms with Crippen molar-refractivity contribution in [3.63, 3.8) is 0 Å². The molecule has 134 valence electrons. The highest BCUT2D eigenvalue weighted by Crippen LogP contribution is 2.30. The first-order valence-corrected chi connectivity index (χ1v) is 8.44. The molecular formula is C20H25NO4. The number of amides is 1. The summed E-state index contributed by atoms with van der Waals surface area (Å²) in [6.07, 6.45) is 3.36. The first-order chi connectivity index (χ1) is 12.2. The lowest BCUT2D eigenvalue weighted by atomic mass is 10.2. The highest BCUT2D eigenvalue weighted by Gasteiger charge is 2.09. The third-order valence-corrected chi connectivity index (χ3v) is 3.77. The summed E-state index contributed by atoms with van der Waals surface area (Å²) in [4.78, 5) is 12.4. The van der Waals surface area contributed by atoms with E-state index in [0.717, 1.165) is 18.6 Å². The quantitative estimate of drug-likeness (QED) is 0.680. The van der Waals surface area contributed by atoms with Crippen LogP contribution in [0.1, 0.15) is 36.5 Å². The number of ether oxygens (including phenoxy) is 3. The van der Waals surface area contributed by atoms with Crippen molar-refractivity contribution in [3.05, 3.63) is 48.0 Å². The lowest BCUT2D eigenvalue weighted by Crippen LogP contribution is -2.12. The summed E-state index contributed by atoms with van der Waals surface area (Å²) in [6.45, 7) is 2.86. The summed E-state index contributed by atoms with van der Waals surface area (Å²) in [7, 11) is 3.13. The Bertz CT molecular complexity index is 683. The van der Waals surface area contributed by atoms with Gasteiger partial charge in [0, 0.05) is 17.3 Å². The zero-order chi connectivity index (χ0) is 18.1. The smallest absolute Gasteiger partial charge is 0.255 e. The molecule has 25 heavy (non-hydrogen) atoms. The van der Waals surface area contributed by atoms with E-state index in [9.17, 15) is 4.79 Å². The summed E-state index contributed by atoms with van der Waals surface area (Å²) < 4.78 is 16.1. The summed E-state index contributed by atoms with van der Waals surface area (Å²) in [5.74, 6) is 1.77. The van der Waals surface area contributed by atoms with Gasteiger partial charge in [0.1, 0.15) is 5.75 Å². The number of hydrogen-bond donors (Lipinski definition) is 1. The zero-order valence-electron chi connectivity index (χ0n) is 15.0. The van der Waals surface area contributed by atoms with Crippen molar-refractivity contribution in [1.82, 2.24) is 0 Å². The fourth-order valence-electron chi connectivity index (χ4n) is 2.36. The van der Waals surface area contributed by atoms with Gasteiger partial charge in [0.2, 0.25) is 0 Å². The number of carbonyl (C=O) groups excluding carboxylic acids is 1. The maximum absolute atomic E-state index is 12.4. The van der Waals surface area contributed by atoms with E-state index in [1.165, 1.54) is 6.42 Å². The average Bonchev–Trinajstić information content (AvgIpc) is 2.65. The van der Waals surface area contributed by atoms with Crippen LogP contribution < -0.4 is 19.5 Å². The Morgan fingerprint density at radius 1 is 0.960 bits per heavy atom. The van der Waals surface area contributed by atoms with E-state index < -0.39 is 0 Å². The monoisotopic (exact) mass is 343 g/mol. The Balaban J connectivity index is 1.96. The van der Waals surface area contributed by atoms with Crippen molar-refractivity contribution in [2.75, 3.05) is 26.1 Å². The lowest BCUT2D eigenvalue weighted by molar-refractivity contribution is 0.102. The maximum Gasteiger partial charge on any atom is 0.255 e. The summed E-state index contributed by atoms with van der Waals surface area (Å²) in [6, 6.07) is 12.4. The van der Waals surface area contributed by atoms with Crippen LogP contribution in [0.3, 0.4) is 0 Å². The van der Waals surface area contributed by atoms with E-state index in [1.807, 2.05) is 12.1 Å². The molecule has 0 fully saturated rings. The molecule has 0 atom stereocenters. The number of benzene rings is 2. The van der Waals surface area contributed by atoms with Crippen LogP contribution in [0.4, 0.5) is 5.69 Å². The van der Waals surface area contributed by atoms with Crippen LogP contribution in [0.5, 0.6) is 17.2 Å². The largest absolute Gasteiger partial charge is 0.494 e. The van der Waals surface area contributed by atoms with Gasteiger partial charge in [-0.05, 0) is 42.8 Å². The topological polar surface area (TPSA) is 56.8 Å². The number of unbranched alkanes of at least 4 members (excludes halogenated alkanes) is 2. The van der Waals surface area contributed by atoms with E-state index in [-0.39, 0.29) is 5.91 Å². The second kappa shape index (κ2) is 9.57. The van der Waals surface area contributed by atoms with E-state index in [2.05, 4.69) is 12.2 Å². The molecule has 5 heteroatoms. The van der Waals surface area contributed by atoms with Gasteiger partial charge in [-0.1, -0.05) is 19.8 Å². The van der Waals surface area contributed by atoms with Crippen molar-refractivity contribution in [2.24, 2.45) is 0 Å². The molecule has 1 N–H and O–H groups in total. The van der Waals surface area contributed by atoms with Gasteiger partial charge in [0.25, 0.3) is 5.91 Å². The van der Waals surface area contributed by atoms with Crippen molar-refractivity contribution in [2.45, 2.75) is 26.2 Å². The normalized spacial score (nSPS) is 10.2. The first kappa shape index (κ1) is 18.6. The van der Waals surface area contributed by atoms with Crippen LogP contribution in [0, 0.1) is 0 Å². The van der Waals surface area contributed by atoms with E-state index >= 15 is 0 Å². The Morgan fingerprint density at radius 3 is 2.32 bits per heavy atom. The molecule has 0 aromatic heterocycles. The third kappa shape index (κ3) is 5.41. The van der Waals surface area contributed by atoms with Crippen LogP contribution in [-0.2, 0) is 0 Å². The number of nitrogens with one attached hydrogen (secondary N) is 1. The van der Waals surface area contributed by atoms with E-state index in [1.54, 1.807) is 44.6 Å². The average molecular weight is 343 g/mol. The van der Waals surface area contributed by atoms with Crippen LogP contribution in [-0.4, -0.2) is 26.7 Å². The third-order valence-electron chi connectivity index (χ3n) is 3.77. The molecule has 2 aromatic carbocycles. The van der Waals surface area contributed by atoms with Crippen molar-refractivity contribution >= 4 is 11.6 Å². The van der Waals surface area contributed by atoms with Gasteiger partial charge in [-0.3, -0.25) is 4.79 Å². The zero-order valence-corrected chi connectivity index (χ0v) is 15.0. The highest BCUT2D eigenvalue weighted by atomic mass is 16.5. The maximum atomic E-state index is 12.4. The first-order valence-electron chi connectivity index (χ1n) is 8.44. The molecule has 5 nitrogen and oxygen atoms in total. The van der Waals surface area contributed by atoms with Gasteiger partial charge in [-0.15, -0.1) is 0 Å². The van der Waals surface area contributed by atoms with Gasteiger partial charge < -0.3 is 19.5 Å². The Hall–Kier alpha value is -2.69. The van der Waals surface area contributed by atoms with Gasteiger partial charge in [0.15, 0.2) is 11.5 Å².